The molecule has 18 heavy (non-hydrogen) atoms. The first-order valence-electron chi connectivity index (χ1n) is 5.08. The normalized spacial score (nSPS) is 9.61. The Kier molecular flexibility index (Phi) is 5.38. The van der Waals surface area contributed by atoms with Crippen LogP contribution in [0, 0.1) is 0 Å². The van der Waals surface area contributed by atoms with Crippen LogP contribution in [0.3, 0.4) is 0 Å². The minimum atomic E-state index is -0.999. The lowest BCUT2D eigenvalue weighted by atomic mass is 10.1. The molecule has 0 aromatic heterocycles. The van der Waals surface area contributed by atoms with Gasteiger partial charge in [0.05, 0.1) is 5.56 Å². The number of carboxylic acid groups (broad SMARTS) is 1. The third-order valence-corrected chi connectivity index (χ3v) is 2.79. The summed E-state index contributed by atoms with van der Waals surface area (Å²) in [5.74, 6) is -0.999. The van der Waals surface area contributed by atoms with E-state index >= 15 is 0 Å². The molecule has 0 unspecified atom stereocenters. The van der Waals surface area contributed by atoms with Crippen molar-refractivity contribution in [2.45, 2.75) is 6.54 Å². The van der Waals surface area contributed by atoms with Gasteiger partial charge in [-0.2, -0.15) is 0 Å². The third-order valence-electron chi connectivity index (χ3n) is 2.06. The number of amides is 1. The Morgan fingerprint density at radius 3 is 2.78 bits per heavy atom. The van der Waals surface area contributed by atoms with Gasteiger partial charge in [0.2, 0.25) is 0 Å². The minimum absolute atomic E-state index is 0.144. The van der Waals surface area contributed by atoms with Crippen molar-refractivity contribution in [3.63, 3.8) is 0 Å². The topological polar surface area (TPSA) is 75.6 Å². The number of ether oxygens (including phenoxy) is 1. The summed E-state index contributed by atoms with van der Waals surface area (Å²) < 4.78 is 5.35. The van der Waals surface area contributed by atoms with Crippen molar-refractivity contribution in [2.75, 3.05) is 6.61 Å². The summed E-state index contributed by atoms with van der Waals surface area (Å²) in [4.78, 5) is 21.9. The summed E-state index contributed by atoms with van der Waals surface area (Å²) in [5.41, 5.74) is 0.940. The van der Waals surface area contributed by atoms with Crippen LogP contribution in [0.2, 0.25) is 0 Å². The summed E-state index contributed by atoms with van der Waals surface area (Å²) in [5, 5.41) is 11.3. The molecule has 2 N–H and O–H groups in total. The highest BCUT2D eigenvalue weighted by Gasteiger charge is 2.08. The van der Waals surface area contributed by atoms with E-state index in [1.807, 2.05) is 0 Å². The van der Waals surface area contributed by atoms with E-state index in [9.17, 15) is 9.59 Å². The average Bonchev–Trinajstić information content (AvgIpc) is 2.34. The summed E-state index contributed by atoms with van der Waals surface area (Å²) in [6.45, 7) is 3.81. The van der Waals surface area contributed by atoms with Crippen molar-refractivity contribution >= 4 is 28.0 Å². The van der Waals surface area contributed by atoms with Crippen LogP contribution < -0.4 is 5.32 Å². The maximum absolute atomic E-state index is 11.2. The van der Waals surface area contributed by atoms with E-state index in [-0.39, 0.29) is 18.7 Å². The van der Waals surface area contributed by atoms with Gasteiger partial charge in [0.15, 0.2) is 0 Å². The van der Waals surface area contributed by atoms with Gasteiger partial charge in [-0.1, -0.05) is 34.7 Å². The number of halogens is 1. The van der Waals surface area contributed by atoms with E-state index in [0.29, 0.717) is 4.47 Å². The quantitative estimate of drug-likeness (QED) is 0.819. The Balaban J connectivity index is 2.60. The van der Waals surface area contributed by atoms with Crippen molar-refractivity contribution in [2.24, 2.45) is 0 Å². The number of carbonyl (C=O) groups excluding carboxylic acids is 1. The van der Waals surface area contributed by atoms with E-state index in [1.165, 1.54) is 18.2 Å². The highest BCUT2D eigenvalue weighted by molar-refractivity contribution is 9.10. The van der Waals surface area contributed by atoms with Crippen LogP contribution in [-0.2, 0) is 11.3 Å². The van der Waals surface area contributed by atoms with Crippen molar-refractivity contribution in [3.8, 4) is 0 Å². The molecule has 6 heteroatoms. The molecular formula is C12H12BrNO4. The fourth-order valence-corrected chi connectivity index (χ4v) is 1.70. The molecule has 1 aromatic carbocycles. The monoisotopic (exact) mass is 313 g/mol. The number of nitrogens with one attached hydrogen (secondary N) is 1. The highest BCUT2D eigenvalue weighted by Crippen LogP contribution is 2.18. The predicted molar refractivity (Wildman–Crippen MR) is 69.5 cm³/mol. The first-order chi connectivity index (χ1) is 8.54. The summed E-state index contributed by atoms with van der Waals surface area (Å²) in [7, 11) is 0. The Labute approximate surface area is 113 Å². The van der Waals surface area contributed by atoms with Gasteiger partial charge in [0.25, 0.3) is 0 Å². The lowest BCUT2D eigenvalue weighted by Gasteiger charge is -2.07. The molecule has 1 amide bonds. The number of rotatable bonds is 5. The van der Waals surface area contributed by atoms with Crippen LogP contribution in [0.5, 0.6) is 0 Å². The predicted octanol–water partition coefficient (Wildman–Crippen LogP) is 2.56. The van der Waals surface area contributed by atoms with Crippen molar-refractivity contribution in [1.29, 1.82) is 0 Å². The smallest absolute Gasteiger partial charge is 0.407 e. The molecule has 0 fully saturated rings. The maximum Gasteiger partial charge on any atom is 0.407 e. The van der Waals surface area contributed by atoms with Crippen LogP contribution >= 0.6 is 15.9 Å². The first kappa shape index (κ1) is 14.2. The number of benzene rings is 1. The molecule has 1 rings (SSSR count). The van der Waals surface area contributed by atoms with Crippen molar-refractivity contribution < 1.29 is 19.4 Å². The largest absolute Gasteiger partial charge is 0.478 e. The highest BCUT2D eigenvalue weighted by atomic mass is 79.9. The molecule has 0 atom stereocenters. The average molecular weight is 314 g/mol. The number of carbonyl (C=O) groups is 2. The SMILES string of the molecule is C=CCOC(=O)NCc1ccc(C(=O)O)cc1Br. The van der Waals surface area contributed by atoms with E-state index in [4.69, 9.17) is 9.84 Å². The fourth-order valence-electron chi connectivity index (χ4n) is 1.18. The molecule has 1 aromatic rings. The van der Waals surface area contributed by atoms with E-state index < -0.39 is 12.1 Å². The molecule has 0 heterocycles. The summed E-state index contributed by atoms with van der Waals surface area (Å²) in [6, 6.07) is 4.58. The van der Waals surface area contributed by atoms with E-state index in [0.717, 1.165) is 5.56 Å². The molecule has 0 spiro atoms. The maximum atomic E-state index is 11.2. The standard InChI is InChI=1S/C12H12BrNO4/c1-2-5-18-12(17)14-7-9-4-3-8(11(15)16)6-10(9)13/h2-4,6H,1,5,7H2,(H,14,17)(H,15,16). The second kappa shape index (κ2) is 6.80. The van der Waals surface area contributed by atoms with Crippen molar-refractivity contribution in [3.05, 3.63) is 46.5 Å². The molecule has 0 aliphatic heterocycles. The molecule has 0 saturated carbocycles. The number of hydrogen-bond acceptors (Lipinski definition) is 3. The van der Waals surface area contributed by atoms with Gasteiger partial charge in [-0.3, -0.25) is 0 Å². The Bertz CT molecular complexity index is 473. The van der Waals surface area contributed by atoms with Crippen LogP contribution in [0.15, 0.2) is 35.3 Å². The van der Waals surface area contributed by atoms with Gasteiger partial charge in [0, 0.05) is 11.0 Å². The summed E-state index contributed by atoms with van der Waals surface area (Å²) in [6.07, 6.45) is 0.918. The third kappa shape index (κ3) is 4.21. The van der Waals surface area contributed by atoms with Gasteiger partial charge < -0.3 is 15.2 Å². The Hall–Kier alpha value is -1.82. The molecular weight excluding hydrogens is 302 g/mol. The molecule has 96 valence electrons. The molecule has 5 nitrogen and oxygen atoms in total. The lowest BCUT2D eigenvalue weighted by molar-refractivity contribution is 0.0696. The summed E-state index contributed by atoms with van der Waals surface area (Å²) >= 11 is 3.25. The molecule has 0 aliphatic rings. The van der Waals surface area contributed by atoms with Crippen molar-refractivity contribution in [1.82, 2.24) is 5.32 Å². The number of carboxylic acids is 1. The van der Waals surface area contributed by atoms with E-state index in [1.54, 1.807) is 6.07 Å². The zero-order chi connectivity index (χ0) is 13.5. The first-order valence-corrected chi connectivity index (χ1v) is 5.87. The zero-order valence-corrected chi connectivity index (χ0v) is 11.1. The van der Waals surface area contributed by atoms with Gasteiger partial charge in [0.1, 0.15) is 6.61 Å². The van der Waals surface area contributed by atoms with Crippen LogP contribution in [0.25, 0.3) is 0 Å². The van der Waals surface area contributed by atoms with Gasteiger partial charge in [-0.15, -0.1) is 0 Å². The Morgan fingerprint density at radius 1 is 1.50 bits per heavy atom. The molecule has 0 saturated heterocycles. The number of aromatic carboxylic acids is 1. The van der Waals surface area contributed by atoms with Crippen LogP contribution in [-0.4, -0.2) is 23.8 Å². The second-order valence-electron chi connectivity index (χ2n) is 3.35. The Morgan fingerprint density at radius 2 is 2.22 bits per heavy atom. The molecule has 0 aliphatic carbocycles. The fraction of sp³-hybridized carbons (Fsp3) is 0.167. The van der Waals surface area contributed by atoms with Gasteiger partial charge in [-0.25, -0.2) is 9.59 Å². The minimum Gasteiger partial charge on any atom is -0.478 e. The number of alkyl carbamates (subject to hydrolysis) is 1. The van der Waals surface area contributed by atoms with Crippen LogP contribution in [0.1, 0.15) is 15.9 Å². The number of hydrogen-bond donors (Lipinski definition) is 2. The second-order valence-corrected chi connectivity index (χ2v) is 4.21. The molecule has 0 bridgehead atoms. The molecule has 0 radical (unpaired) electrons. The van der Waals surface area contributed by atoms with E-state index in [2.05, 4.69) is 27.8 Å². The zero-order valence-electron chi connectivity index (χ0n) is 9.48. The van der Waals surface area contributed by atoms with Gasteiger partial charge in [-0.05, 0) is 17.7 Å². The lowest BCUT2D eigenvalue weighted by Crippen LogP contribution is -2.24. The van der Waals surface area contributed by atoms with Gasteiger partial charge >= 0.3 is 12.1 Å². The van der Waals surface area contributed by atoms with Crippen LogP contribution in [0.4, 0.5) is 4.79 Å².